The molecule has 0 aromatic rings. The number of alkyl halides is 5. The zero-order valence-corrected chi connectivity index (χ0v) is 8.39. The summed E-state index contributed by atoms with van der Waals surface area (Å²) in [6, 6.07) is -3.80. The molecule has 1 heterocycles. The number of rotatable bonds is 2. The number of hydrogen-bond donors (Lipinski definition) is 1. The van der Waals surface area contributed by atoms with Crippen molar-refractivity contribution in [2.45, 2.75) is 37.5 Å². The van der Waals surface area contributed by atoms with E-state index < -0.39 is 36.5 Å². The summed E-state index contributed by atoms with van der Waals surface area (Å²) in [7, 11) is 0. The Kier molecular flexibility index (Phi) is 3.15. The van der Waals surface area contributed by atoms with Crippen LogP contribution in [0.1, 0.15) is 13.3 Å². The Hall–Kier alpha value is -0.920. The predicted octanol–water partition coefficient (Wildman–Crippen LogP) is 1.13. The molecule has 0 bridgehead atoms. The van der Waals surface area contributed by atoms with Gasteiger partial charge in [0.05, 0.1) is 0 Å². The van der Waals surface area contributed by atoms with Crippen LogP contribution in [0.15, 0.2) is 0 Å². The molecule has 0 spiro atoms. The third-order valence-corrected chi connectivity index (χ3v) is 2.56. The highest BCUT2D eigenvalue weighted by Gasteiger charge is 2.67. The monoisotopic (exact) mass is 246 g/mol. The molecule has 1 rings (SSSR count). The van der Waals surface area contributed by atoms with E-state index in [1.807, 2.05) is 0 Å². The minimum Gasteiger partial charge on any atom is -0.332 e. The number of nitrogens with zero attached hydrogens (tertiary/aromatic N) is 1. The lowest BCUT2D eigenvalue weighted by molar-refractivity contribution is -0.300. The Morgan fingerprint density at radius 1 is 1.38 bits per heavy atom. The standard InChI is InChI=1S/C8H11F5N2O/c1-2-15-5(16)3-4(14)6(15)7(9,10)8(11,12)13/h4,6H,2-3,14H2,1H3/t4-,6-/m0/s1. The van der Waals surface area contributed by atoms with Crippen molar-refractivity contribution in [3.8, 4) is 0 Å². The quantitative estimate of drug-likeness (QED) is 0.742. The fraction of sp³-hybridized carbons (Fsp3) is 0.875. The molecule has 0 unspecified atom stereocenters. The summed E-state index contributed by atoms with van der Waals surface area (Å²) in [4.78, 5) is 11.6. The first kappa shape index (κ1) is 13.1. The van der Waals surface area contributed by atoms with Gasteiger partial charge < -0.3 is 10.6 Å². The van der Waals surface area contributed by atoms with Gasteiger partial charge in [0.1, 0.15) is 6.04 Å². The SMILES string of the molecule is CCN1C(=O)C[C@H](N)[C@H]1C(F)(F)C(F)(F)F. The first-order chi connectivity index (χ1) is 7.13. The van der Waals surface area contributed by atoms with E-state index in [-0.39, 0.29) is 6.54 Å². The number of likely N-dealkylation sites (tertiary alicyclic amines) is 1. The highest BCUT2D eigenvalue weighted by Crippen LogP contribution is 2.43. The van der Waals surface area contributed by atoms with Crippen LogP contribution in [0.5, 0.6) is 0 Å². The number of carbonyl (C=O) groups is 1. The molecule has 0 aliphatic carbocycles. The van der Waals surface area contributed by atoms with Crippen LogP contribution in [0, 0.1) is 0 Å². The van der Waals surface area contributed by atoms with Crippen LogP contribution >= 0.6 is 0 Å². The van der Waals surface area contributed by atoms with E-state index in [9.17, 15) is 26.7 Å². The molecule has 0 aromatic heterocycles. The lowest BCUT2D eigenvalue weighted by atomic mass is 10.0. The number of hydrogen-bond acceptors (Lipinski definition) is 2. The summed E-state index contributed by atoms with van der Waals surface area (Å²) in [6.45, 7) is 1.11. The first-order valence-corrected chi connectivity index (χ1v) is 4.62. The molecule has 0 radical (unpaired) electrons. The number of carbonyl (C=O) groups excluding carboxylic acids is 1. The summed E-state index contributed by atoms with van der Waals surface area (Å²) in [6.07, 6.45) is -6.18. The van der Waals surface area contributed by atoms with E-state index >= 15 is 0 Å². The van der Waals surface area contributed by atoms with Crippen molar-refractivity contribution in [2.24, 2.45) is 5.73 Å². The van der Waals surface area contributed by atoms with Gasteiger partial charge in [-0.2, -0.15) is 22.0 Å². The van der Waals surface area contributed by atoms with Gasteiger partial charge in [-0.1, -0.05) is 0 Å². The van der Waals surface area contributed by atoms with Crippen LogP contribution in [-0.4, -0.2) is 41.5 Å². The summed E-state index contributed by atoms with van der Waals surface area (Å²) in [5, 5.41) is 0. The third-order valence-electron chi connectivity index (χ3n) is 2.56. The van der Waals surface area contributed by atoms with Crippen molar-refractivity contribution in [1.29, 1.82) is 0 Å². The lowest BCUT2D eigenvalue weighted by Crippen LogP contribution is -2.58. The highest BCUT2D eigenvalue weighted by atomic mass is 19.4. The van der Waals surface area contributed by atoms with Crippen molar-refractivity contribution >= 4 is 5.91 Å². The predicted molar refractivity (Wildman–Crippen MR) is 44.8 cm³/mol. The molecule has 1 fully saturated rings. The van der Waals surface area contributed by atoms with E-state index in [0.717, 1.165) is 0 Å². The minimum atomic E-state index is -5.70. The van der Waals surface area contributed by atoms with Gasteiger partial charge in [-0.05, 0) is 6.92 Å². The fourth-order valence-corrected chi connectivity index (χ4v) is 1.82. The van der Waals surface area contributed by atoms with Gasteiger partial charge in [0, 0.05) is 19.0 Å². The van der Waals surface area contributed by atoms with Crippen molar-refractivity contribution in [3.05, 3.63) is 0 Å². The topological polar surface area (TPSA) is 46.3 Å². The normalized spacial score (nSPS) is 27.7. The van der Waals surface area contributed by atoms with E-state index in [2.05, 4.69) is 0 Å². The molecule has 2 N–H and O–H groups in total. The Balaban J connectivity index is 3.06. The molecule has 8 heteroatoms. The Bertz CT molecular complexity index is 291. The maximum absolute atomic E-state index is 13.1. The molecule has 1 aliphatic rings. The Morgan fingerprint density at radius 2 is 1.88 bits per heavy atom. The summed E-state index contributed by atoms with van der Waals surface area (Å²) < 4.78 is 62.7. The first-order valence-electron chi connectivity index (χ1n) is 4.62. The smallest absolute Gasteiger partial charge is 0.332 e. The summed E-state index contributed by atoms with van der Waals surface area (Å²) in [5.41, 5.74) is 5.18. The van der Waals surface area contributed by atoms with Gasteiger partial charge in [-0.3, -0.25) is 4.79 Å². The maximum atomic E-state index is 13.1. The molecule has 3 nitrogen and oxygen atoms in total. The molecule has 16 heavy (non-hydrogen) atoms. The molecule has 1 aliphatic heterocycles. The van der Waals surface area contributed by atoms with Crippen molar-refractivity contribution in [3.63, 3.8) is 0 Å². The van der Waals surface area contributed by atoms with Crippen molar-refractivity contribution in [2.75, 3.05) is 6.54 Å². The fourth-order valence-electron chi connectivity index (χ4n) is 1.82. The van der Waals surface area contributed by atoms with Gasteiger partial charge in [0.2, 0.25) is 5.91 Å². The molecule has 94 valence electrons. The molecular formula is C8H11F5N2O. The number of amides is 1. The van der Waals surface area contributed by atoms with Crippen molar-refractivity contribution in [1.82, 2.24) is 4.90 Å². The average molecular weight is 246 g/mol. The summed E-state index contributed by atoms with van der Waals surface area (Å²) >= 11 is 0. The second-order valence-corrected chi connectivity index (χ2v) is 3.61. The second-order valence-electron chi connectivity index (χ2n) is 3.61. The van der Waals surface area contributed by atoms with E-state index in [0.29, 0.717) is 4.90 Å². The van der Waals surface area contributed by atoms with Crippen LogP contribution in [0.25, 0.3) is 0 Å². The van der Waals surface area contributed by atoms with E-state index in [4.69, 9.17) is 5.73 Å². The second kappa shape index (κ2) is 3.83. The third kappa shape index (κ3) is 1.85. The van der Waals surface area contributed by atoms with Gasteiger partial charge in [-0.25, -0.2) is 0 Å². The van der Waals surface area contributed by atoms with Crippen LogP contribution in [0.2, 0.25) is 0 Å². The minimum absolute atomic E-state index is 0.219. The van der Waals surface area contributed by atoms with Gasteiger partial charge >= 0.3 is 12.1 Å². The molecule has 2 atom stereocenters. The zero-order valence-electron chi connectivity index (χ0n) is 8.39. The van der Waals surface area contributed by atoms with Crippen LogP contribution in [0.3, 0.4) is 0 Å². The van der Waals surface area contributed by atoms with E-state index in [1.165, 1.54) is 6.92 Å². The zero-order chi connectivity index (χ0) is 12.7. The molecule has 1 saturated heterocycles. The Labute approximate surface area is 88.4 Å². The number of nitrogens with two attached hydrogens (primary N) is 1. The largest absolute Gasteiger partial charge is 0.455 e. The molecule has 0 saturated carbocycles. The van der Waals surface area contributed by atoms with Crippen LogP contribution < -0.4 is 5.73 Å². The highest BCUT2D eigenvalue weighted by molar-refractivity contribution is 5.80. The van der Waals surface area contributed by atoms with Crippen LogP contribution in [0.4, 0.5) is 22.0 Å². The molecule has 1 amide bonds. The lowest BCUT2D eigenvalue weighted by Gasteiger charge is -2.33. The average Bonchev–Trinajstić information content (AvgIpc) is 2.38. The van der Waals surface area contributed by atoms with Crippen LogP contribution in [-0.2, 0) is 4.79 Å². The maximum Gasteiger partial charge on any atom is 0.455 e. The number of likely N-dealkylation sites (N-methyl/N-ethyl adjacent to an activating group) is 1. The molecular weight excluding hydrogens is 235 g/mol. The van der Waals surface area contributed by atoms with Gasteiger partial charge in [0.15, 0.2) is 0 Å². The summed E-state index contributed by atoms with van der Waals surface area (Å²) in [5.74, 6) is -5.75. The van der Waals surface area contributed by atoms with Gasteiger partial charge in [-0.15, -0.1) is 0 Å². The number of halogens is 5. The Morgan fingerprint density at radius 3 is 2.25 bits per heavy atom. The molecule has 0 aromatic carbocycles. The van der Waals surface area contributed by atoms with Gasteiger partial charge in [0.25, 0.3) is 0 Å². The van der Waals surface area contributed by atoms with E-state index in [1.54, 1.807) is 0 Å². The van der Waals surface area contributed by atoms with Crippen molar-refractivity contribution < 1.29 is 26.7 Å².